The molecule has 0 unspecified atom stereocenters. The highest BCUT2D eigenvalue weighted by molar-refractivity contribution is 7.80. The number of hydrogen-bond donors (Lipinski definition) is 2. The first kappa shape index (κ1) is 15.5. The number of thiocarbonyl (C=S) groups is 1. The summed E-state index contributed by atoms with van der Waals surface area (Å²) in [6, 6.07) is 8.42. The molecule has 1 heterocycles. The molecule has 0 saturated heterocycles. The molecule has 21 heavy (non-hydrogen) atoms. The lowest BCUT2D eigenvalue weighted by atomic mass is 10.1. The van der Waals surface area contributed by atoms with Gasteiger partial charge in [0.05, 0.1) is 17.1 Å². The zero-order valence-corrected chi connectivity index (χ0v) is 13.8. The van der Waals surface area contributed by atoms with Crippen LogP contribution in [0.15, 0.2) is 24.3 Å². The molecule has 1 aromatic heterocycles. The molecule has 0 amide bonds. The predicted octanol–water partition coefficient (Wildman–Crippen LogP) is 3.31. The van der Waals surface area contributed by atoms with Gasteiger partial charge in [-0.3, -0.25) is 4.68 Å². The number of nitrogens with zero attached hydrogens (tertiary/aromatic N) is 2. The number of aryl methyl sites for hydroxylation is 3. The SMILES string of the molecule is CCn1nc(C)c(NC(=S)NCc2ccc(C)cc2)c1C. The van der Waals surface area contributed by atoms with Crippen LogP contribution in [0.1, 0.15) is 29.4 Å². The first-order valence-corrected chi connectivity index (χ1v) is 7.56. The Morgan fingerprint density at radius 1 is 1.19 bits per heavy atom. The molecule has 0 fully saturated rings. The van der Waals surface area contributed by atoms with E-state index in [-0.39, 0.29) is 0 Å². The van der Waals surface area contributed by atoms with Gasteiger partial charge in [-0.25, -0.2) is 0 Å². The summed E-state index contributed by atoms with van der Waals surface area (Å²) in [6.45, 7) is 9.78. The number of aromatic nitrogens is 2. The predicted molar refractivity (Wildman–Crippen MR) is 91.6 cm³/mol. The quantitative estimate of drug-likeness (QED) is 0.850. The second-order valence-corrected chi connectivity index (χ2v) is 5.56. The van der Waals surface area contributed by atoms with Crippen LogP contribution in [0.25, 0.3) is 0 Å². The molecule has 0 saturated carbocycles. The first-order chi connectivity index (χ1) is 10.0. The zero-order chi connectivity index (χ0) is 15.4. The van der Waals surface area contributed by atoms with Crippen LogP contribution in [0.3, 0.4) is 0 Å². The molecule has 0 bridgehead atoms. The fourth-order valence-corrected chi connectivity index (χ4v) is 2.41. The summed E-state index contributed by atoms with van der Waals surface area (Å²) in [7, 11) is 0. The Kier molecular flexibility index (Phi) is 4.96. The molecule has 112 valence electrons. The second kappa shape index (κ2) is 6.72. The van der Waals surface area contributed by atoms with Crippen LogP contribution in [-0.2, 0) is 13.1 Å². The van der Waals surface area contributed by atoms with Crippen LogP contribution in [0, 0.1) is 20.8 Å². The Bertz CT molecular complexity index is 628. The Balaban J connectivity index is 1.96. The van der Waals surface area contributed by atoms with Gasteiger partial charge in [-0.1, -0.05) is 29.8 Å². The van der Waals surface area contributed by atoms with Gasteiger partial charge < -0.3 is 10.6 Å². The number of rotatable bonds is 4. The Morgan fingerprint density at radius 2 is 1.86 bits per heavy atom. The standard InChI is InChI=1S/C16H22N4S/c1-5-20-13(4)15(12(3)19-20)18-16(21)17-10-14-8-6-11(2)7-9-14/h6-9H,5,10H2,1-4H3,(H2,17,18,21). The number of benzene rings is 1. The van der Waals surface area contributed by atoms with Crippen LogP contribution in [-0.4, -0.2) is 14.9 Å². The number of nitrogens with one attached hydrogen (secondary N) is 2. The van der Waals surface area contributed by atoms with Gasteiger partial charge in [0, 0.05) is 13.1 Å². The first-order valence-electron chi connectivity index (χ1n) is 7.15. The van der Waals surface area contributed by atoms with E-state index < -0.39 is 0 Å². The van der Waals surface area contributed by atoms with E-state index in [1.807, 2.05) is 11.6 Å². The molecular formula is C16H22N4S. The van der Waals surface area contributed by atoms with E-state index in [1.165, 1.54) is 11.1 Å². The van der Waals surface area contributed by atoms with Crippen LogP contribution < -0.4 is 10.6 Å². The Hall–Kier alpha value is -1.88. The summed E-state index contributed by atoms with van der Waals surface area (Å²) in [5, 5.41) is 11.6. The van der Waals surface area contributed by atoms with Gasteiger partial charge in [-0.05, 0) is 45.5 Å². The van der Waals surface area contributed by atoms with Crippen molar-refractivity contribution in [2.24, 2.45) is 0 Å². The molecule has 2 rings (SSSR count). The van der Waals surface area contributed by atoms with Crippen LogP contribution in [0.4, 0.5) is 5.69 Å². The van der Waals surface area contributed by atoms with Gasteiger partial charge >= 0.3 is 0 Å². The zero-order valence-electron chi connectivity index (χ0n) is 13.0. The third-order valence-corrected chi connectivity index (χ3v) is 3.74. The maximum absolute atomic E-state index is 5.37. The fourth-order valence-electron chi connectivity index (χ4n) is 2.23. The lowest BCUT2D eigenvalue weighted by molar-refractivity contribution is 0.634. The summed E-state index contributed by atoms with van der Waals surface area (Å²) in [4.78, 5) is 0. The molecular weight excluding hydrogens is 280 g/mol. The summed E-state index contributed by atoms with van der Waals surface area (Å²) in [5.41, 5.74) is 5.54. The number of hydrogen-bond acceptors (Lipinski definition) is 2. The van der Waals surface area contributed by atoms with Crippen molar-refractivity contribution in [3.63, 3.8) is 0 Å². The van der Waals surface area contributed by atoms with E-state index in [2.05, 4.69) is 60.8 Å². The summed E-state index contributed by atoms with van der Waals surface area (Å²) < 4.78 is 1.97. The highest BCUT2D eigenvalue weighted by Crippen LogP contribution is 2.19. The van der Waals surface area contributed by atoms with E-state index in [0.29, 0.717) is 11.7 Å². The van der Waals surface area contributed by atoms with Gasteiger partial charge in [0.2, 0.25) is 0 Å². The van der Waals surface area contributed by atoms with Gasteiger partial charge in [0.1, 0.15) is 0 Å². The number of anilines is 1. The van der Waals surface area contributed by atoms with Crippen molar-refractivity contribution < 1.29 is 0 Å². The van der Waals surface area contributed by atoms with Crippen molar-refractivity contribution in [1.82, 2.24) is 15.1 Å². The monoisotopic (exact) mass is 302 g/mol. The normalized spacial score (nSPS) is 10.5. The van der Waals surface area contributed by atoms with Crippen molar-refractivity contribution in [2.75, 3.05) is 5.32 Å². The molecule has 0 spiro atoms. The van der Waals surface area contributed by atoms with Gasteiger partial charge in [-0.15, -0.1) is 0 Å². The van der Waals surface area contributed by atoms with E-state index in [4.69, 9.17) is 12.2 Å². The van der Waals surface area contributed by atoms with Crippen molar-refractivity contribution in [1.29, 1.82) is 0 Å². The highest BCUT2D eigenvalue weighted by Gasteiger charge is 2.11. The third kappa shape index (κ3) is 3.82. The molecule has 4 nitrogen and oxygen atoms in total. The molecule has 5 heteroatoms. The van der Waals surface area contributed by atoms with Gasteiger partial charge in [-0.2, -0.15) is 5.10 Å². The van der Waals surface area contributed by atoms with Crippen molar-refractivity contribution in [3.8, 4) is 0 Å². The minimum Gasteiger partial charge on any atom is -0.358 e. The topological polar surface area (TPSA) is 41.9 Å². The molecule has 0 aliphatic rings. The average Bonchev–Trinajstić information content (AvgIpc) is 2.74. The largest absolute Gasteiger partial charge is 0.358 e. The minimum atomic E-state index is 0.623. The summed E-state index contributed by atoms with van der Waals surface area (Å²) >= 11 is 5.37. The molecule has 0 aliphatic carbocycles. The van der Waals surface area contributed by atoms with Crippen LogP contribution in [0.5, 0.6) is 0 Å². The molecule has 0 radical (unpaired) electrons. The smallest absolute Gasteiger partial charge is 0.171 e. The maximum Gasteiger partial charge on any atom is 0.171 e. The average molecular weight is 302 g/mol. The summed E-state index contributed by atoms with van der Waals surface area (Å²) in [6.07, 6.45) is 0. The molecule has 2 N–H and O–H groups in total. The molecule has 0 aliphatic heterocycles. The maximum atomic E-state index is 5.37. The molecule has 1 aromatic carbocycles. The second-order valence-electron chi connectivity index (χ2n) is 5.15. The van der Waals surface area contributed by atoms with E-state index in [0.717, 1.165) is 23.6 Å². The minimum absolute atomic E-state index is 0.623. The molecule has 0 atom stereocenters. The summed E-state index contributed by atoms with van der Waals surface area (Å²) in [5.74, 6) is 0. The fraction of sp³-hybridized carbons (Fsp3) is 0.375. The van der Waals surface area contributed by atoms with Gasteiger partial charge in [0.15, 0.2) is 5.11 Å². The Labute approximate surface area is 131 Å². The van der Waals surface area contributed by atoms with Crippen LogP contribution in [0.2, 0.25) is 0 Å². The van der Waals surface area contributed by atoms with Crippen molar-refractivity contribution >= 4 is 23.0 Å². The van der Waals surface area contributed by atoms with Gasteiger partial charge in [0.25, 0.3) is 0 Å². The highest BCUT2D eigenvalue weighted by atomic mass is 32.1. The van der Waals surface area contributed by atoms with Crippen molar-refractivity contribution in [2.45, 2.75) is 40.8 Å². The lowest BCUT2D eigenvalue weighted by Gasteiger charge is -2.11. The third-order valence-electron chi connectivity index (χ3n) is 3.49. The molecule has 2 aromatic rings. The van der Waals surface area contributed by atoms with E-state index in [9.17, 15) is 0 Å². The van der Waals surface area contributed by atoms with Crippen LogP contribution >= 0.6 is 12.2 Å². The van der Waals surface area contributed by atoms with E-state index >= 15 is 0 Å². The lowest BCUT2D eigenvalue weighted by Crippen LogP contribution is -2.28. The van der Waals surface area contributed by atoms with Crippen molar-refractivity contribution in [3.05, 3.63) is 46.8 Å². The van der Waals surface area contributed by atoms with E-state index in [1.54, 1.807) is 0 Å². The Morgan fingerprint density at radius 3 is 2.43 bits per heavy atom.